The van der Waals surface area contributed by atoms with Gasteiger partial charge in [0, 0.05) is 13.1 Å². The number of piperidine rings is 1. The normalized spacial score (nSPS) is 28.5. The first-order chi connectivity index (χ1) is 12.2. The SMILES string of the molecule is CC(C)(C)OC(=O)N1CCC(ONC(=O)[C@@H]2CCC3CN2C(=O)N3O)C1. The first-order valence-electron chi connectivity index (χ1n) is 8.88. The number of hydrogen-bond acceptors (Lipinski definition) is 6. The van der Waals surface area contributed by atoms with Crippen LogP contribution < -0.4 is 5.48 Å². The second-order valence-corrected chi connectivity index (χ2v) is 7.95. The van der Waals surface area contributed by atoms with Crippen molar-refractivity contribution in [3.05, 3.63) is 0 Å². The lowest BCUT2D eigenvalue weighted by Gasteiger charge is -2.29. The molecule has 3 rings (SSSR count). The predicted octanol–water partition coefficient (Wildman–Crippen LogP) is 0.701. The summed E-state index contributed by atoms with van der Waals surface area (Å²) < 4.78 is 5.32. The van der Waals surface area contributed by atoms with E-state index in [1.807, 2.05) is 0 Å². The summed E-state index contributed by atoms with van der Waals surface area (Å²) in [5, 5.41) is 10.4. The largest absolute Gasteiger partial charge is 0.444 e. The van der Waals surface area contributed by atoms with Gasteiger partial charge in [-0.15, -0.1) is 0 Å². The molecular formula is C16H26N4O6. The number of amides is 4. The first-order valence-corrected chi connectivity index (χ1v) is 8.88. The lowest BCUT2D eigenvalue weighted by molar-refractivity contribution is -0.143. The van der Waals surface area contributed by atoms with Gasteiger partial charge in [-0.3, -0.25) is 14.8 Å². The maximum absolute atomic E-state index is 12.4. The number of carbonyl (C=O) groups is 3. The third-order valence-corrected chi connectivity index (χ3v) is 4.77. The van der Waals surface area contributed by atoms with Crippen LogP contribution in [0.5, 0.6) is 0 Å². The van der Waals surface area contributed by atoms with E-state index >= 15 is 0 Å². The van der Waals surface area contributed by atoms with Crippen LogP contribution in [0.1, 0.15) is 40.0 Å². The predicted molar refractivity (Wildman–Crippen MR) is 88.0 cm³/mol. The fraction of sp³-hybridized carbons (Fsp3) is 0.812. The Labute approximate surface area is 151 Å². The van der Waals surface area contributed by atoms with Crippen LogP contribution in [-0.2, 0) is 14.4 Å². The number of likely N-dealkylation sites (tertiary alicyclic amines) is 1. The Bertz CT molecular complexity index is 592. The van der Waals surface area contributed by atoms with Crippen LogP contribution in [0.3, 0.4) is 0 Å². The van der Waals surface area contributed by atoms with Crippen LogP contribution in [0.15, 0.2) is 0 Å². The Morgan fingerprint density at radius 2 is 1.92 bits per heavy atom. The molecule has 0 aliphatic carbocycles. The molecule has 0 saturated carbocycles. The Morgan fingerprint density at radius 1 is 1.19 bits per heavy atom. The smallest absolute Gasteiger partial charge is 0.410 e. The van der Waals surface area contributed by atoms with Gasteiger partial charge in [0.1, 0.15) is 17.7 Å². The number of fused-ring (bicyclic) bond motifs is 2. The minimum atomic E-state index is -0.653. The van der Waals surface area contributed by atoms with E-state index in [4.69, 9.17) is 9.57 Å². The van der Waals surface area contributed by atoms with Crippen LogP contribution in [0.2, 0.25) is 0 Å². The molecule has 3 aliphatic rings. The van der Waals surface area contributed by atoms with Gasteiger partial charge in [-0.2, -0.15) is 0 Å². The summed E-state index contributed by atoms with van der Waals surface area (Å²) in [4.78, 5) is 44.6. The molecule has 3 aliphatic heterocycles. The molecule has 3 fully saturated rings. The van der Waals surface area contributed by atoms with E-state index in [0.29, 0.717) is 44.0 Å². The average Bonchev–Trinajstić information content (AvgIpc) is 3.12. The summed E-state index contributed by atoms with van der Waals surface area (Å²) in [5.74, 6) is -0.414. The van der Waals surface area contributed by atoms with Crippen molar-refractivity contribution >= 4 is 18.0 Å². The van der Waals surface area contributed by atoms with Gasteiger partial charge >= 0.3 is 12.1 Å². The Balaban J connectivity index is 1.46. The van der Waals surface area contributed by atoms with E-state index in [2.05, 4.69) is 5.48 Å². The number of nitrogens with one attached hydrogen (secondary N) is 1. The Hall–Kier alpha value is -2.07. The molecule has 0 spiro atoms. The minimum Gasteiger partial charge on any atom is -0.444 e. The Morgan fingerprint density at radius 3 is 2.62 bits per heavy atom. The molecule has 3 saturated heterocycles. The molecule has 2 bridgehead atoms. The molecule has 0 aromatic carbocycles. The number of nitrogens with zero attached hydrogens (tertiary/aromatic N) is 3. The number of rotatable bonds is 3. The molecule has 0 radical (unpaired) electrons. The summed E-state index contributed by atoms with van der Waals surface area (Å²) in [7, 11) is 0. The topological polar surface area (TPSA) is 112 Å². The number of hydroxylamine groups is 3. The molecule has 3 atom stereocenters. The molecular weight excluding hydrogens is 344 g/mol. The quantitative estimate of drug-likeness (QED) is 0.559. The molecule has 10 heteroatoms. The van der Waals surface area contributed by atoms with Crippen LogP contribution in [0.25, 0.3) is 0 Å². The molecule has 4 amide bonds. The monoisotopic (exact) mass is 370 g/mol. The lowest BCUT2D eigenvalue weighted by Crippen LogP contribution is -2.50. The van der Waals surface area contributed by atoms with Crippen LogP contribution in [0.4, 0.5) is 9.59 Å². The van der Waals surface area contributed by atoms with Gasteiger partial charge in [0.05, 0.1) is 12.6 Å². The van der Waals surface area contributed by atoms with Gasteiger partial charge in [0.15, 0.2) is 0 Å². The zero-order valence-electron chi connectivity index (χ0n) is 15.3. The molecule has 146 valence electrons. The van der Waals surface area contributed by atoms with Gasteiger partial charge in [0.25, 0.3) is 5.91 Å². The highest BCUT2D eigenvalue weighted by molar-refractivity contribution is 5.87. The molecule has 3 heterocycles. The highest BCUT2D eigenvalue weighted by atomic mass is 16.7. The second kappa shape index (κ2) is 6.92. The standard InChI is InChI=1S/C16H26N4O6/c1-16(2,3)25-15(23)18-7-6-11(9-18)26-17-13(21)12-5-4-10-8-19(12)14(22)20(10)24/h10-12,24H,4-9H2,1-3H3,(H,17,21)/t10?,11?,12-/m0/s1. The van der Waals surface area contributed by atoms with Crippen molar-refractivity contribution in [1.29, 1.82) is 0 Å². The molecule has 0 aromatic heterocycles. The first kappa shape index (κ1) is 18.7. The lowest BCUT2D eigenvalue weighted by atomic mass is 10.0. The summed E-state index contributed by atoms with van der Waals surface area (Å²) >= 11 is 0. The zero-order valence-corrected chi connectivity index (χ0v) is 15.3. The van der Waals surface area contributed by atoms with Crippen LogP contribution >= 0.6 is 0 Å². The number of ether oxygens (including phenoxy) is 1. The van der Waals surface area contributed by atoms with E-state index in [1.54, 1.807) is 25.7 Å². The van der Waals surface area contributed by atoms with E-state index in [9.17, 15) is 19.6 Å². The van der Waals surface area contributed by atoms with Crippen molar-refractivity contribution in [2.45, 2.75) is 63.8 Å². The molecule has 2 N–H and O–H groups in total. The van der Waals surface area contributed by atoms with Crippen molar-refractivity contribution < 1.29 is 29.2 Å². The molecule has 0 aromatic rings. The second-order valence-electron chi connectivity index (χ2n) is 7.95. The van der Waals surface area contributed by atoms with E-state index in [-0.39, 0.29) is 12.1 Å². The van der Waals surface area contributed by atoms with Gasteiger partial charge < -0.3 is 14.5 Å². The third-order valence-electron chi connectivity index (χ3n) is 4.77. The maximum Gasteiger partial charge on any atom is 0.410 e. The van der Waals surface area contributed by atoms with Gasteiger partial charge in [-0.1, -0.05) is 0 Å². The fourth-order valence-electron chi connectivity index (χ4n) is 3.45. The summed E-state index contributed by atoms with van der Waals surface area (Å²) in [6.45, 7) is 6.56. The van der Waals surface area contributed by atoms with Crippen LogP contribution in [-0.4, -0.2) is 81.5 Å². The average molecular weight is 370 g/mol. The van der Waals surface area contributed by atoms with Gasteiger partial charge in [-0.05, 0) is 40.0 Å². The summed E-state index contributed by atoms with van der Waals surface area (Å²) in [5.41, 5.74) is 1.84. The van der Waals surface area contributed by atoms with Gasteiger partial charge in [0.2, 0.25) is 0 Å². The zero-order chi connectivity index (χ0) is 19.1. The van der Waals surface area contributed by atoms with E-state index in [1.165, 1.54) is 4.90 Å². The van der Waals surface area contributed by atoms with Gasteiger partial charge in [-0.25, -0.2) is 20.1 Å². The fourth-order valence-corrected chi connectivity index (χ4v) is 3.45. The summed E-state index contributed by atoms with van der Waals surface area (Å²) in [6.07, 6.45) is 0.883. The van der Waals surface area contributed by atoms with Crippen molar-refractivity contribution in [2.75, 3.05) is 19.6 Å². The van der Waals surface area contributed by atoms with E-state index < -0.39 is 29.7 Å². The Kier molecular flexibility index (Phi) is 4.98. The number of hydrogen-bond donors (Lipinski definition) is 2. The molecule has 2 unspecified atom stereocenters. The highest BCUT2D eigenvalue weighted by Gasteiger charge is 2.47. The third kappa shape index (κ3) is 3.85. The number of urea groups is 1. The van der Waals surface area contributed by atoms with Crippen molar-refractivity contribution in [3.63, 3.8) is 0 Å². The number of carbonyl (C=O) groups excluding carboxylic acids is 3. The van der Waals surface area contributed by atoms with Crippen molar-refractivity contribution in [1.82, 2.24) is 20.3 Å². The van der Waals surface area contributed by atoms with Crippen molar-refractivity contribution in [2.24, 2.45) is 0 Å². The van der Waals surface area contributed by atoms with Crippen molar-refractivity contribution in [3.8, 4) is 0 Å². The maximum atomic E-state index is 12.4. The minimum absolute atomic E-state index is 0.246. The van der Waals surface area contributed by atoms with Crippen LogP contribution in [0, 0.1) is 0 Å². The molecule has 10 nitrogen and oxygen atoms in total. The molecule has 26 heavy (non-hydrogen) atoms. The highest BCUT2D eigenvalue weighted by Crippen LogP contribution is 2.28. The van der Waals surface area contributed by atoms with E-state index in [0.717, 1.165) is 0 Å². The summed E-state index contributed by atoms with van der Waals surface area (Å²) in [6, 6.07) is -1.45.